The van der Waals surface area contributed by atoms with Gasteiger partial charge in [-0.1, -0.05) is 11.6 Å². The van der Waals surface area contributed by atoms with Crippen LogP contribution in [0.5, 0.6) is 0 Å². The van der Waals surface area contributed by atoms with Gasteiger partial charge in [-0.25, -0.2) is 9.97 Å². The van der Waals surface area contributed by atoms with Crippen LogP contribution in [0.2, 0.25) is 5.15 Å². The fourth-order valence-electron chi connectivity index (χ4n) is 1.50. The number of piperazine rings is 1. The number of anilines is 1. The van der Waals surface area contributed by atoms with Gasteiger partial charge in [0.15, 0.2) is 0 Å². The van der Waals surface area contributed by atoms with Crippen LogP contribution in [0.15, 0.2) is 12.4 Å². The third-order valence-corrected chi connectivity index (χ3v) is 2.63. The average molecular weight is 213 g/mol. The molecule has 0 saturated carbocycles. The van der Waals surface area contributed by atoms with Crippen LogP contribution in [-0.4, -0.2) is 48.1 Å². The lowest BCUT2D eigenvalue weighted by Gasteiger charge is -2.32. The molecule has 0 radical (unpaired) electrons. The molecule has 1 aromatic heterocycles. The Morgan fingerprint density at radius 3 is 2.43 bits per heavy atom. The summed E-state index contributed by atoms with van der Waals surface area (Å²) in [7, 11) is 2.13. The van der Waals surface area contributed by atoms with Gasteiger partial charge in [-0.2, -0.15) is 0 Å². The number of aromatic nitrogens is 2. The van der Waals surface area contributed by atoms with Crippen LogP contribution in [0.4, 0.5) is 5.82 Å². The van der Waals surface area contributed by atoms with Gasteiger partial charge >= 0.3 is 0 Å². The van der Waals surface area contributed by atoms with E-state index in [0.717, 1.165) is 32.0 Å². The van der Waals surface area contributed by atoms with Crippen molar-refractivity contribution in [2.75, 3.05) is 38.1 Å². The van der Waals surface area contributed by atoms with Crippen molar-refractivity contribution in [2.45, 2.75) is 0 Å². The highest BCUT2D eigenvalue weighted by atomic mass is 35.5. The Kier molecular flexibility index (Phi) is 2.84. The minimum atomic E-state index is 0.447. The molecule has 1 aromatic rings. The second-order valence-electron chi connectivity index (χ2n) is 3.49. The van der Waals surface area contributed by atoms with Gasteiger partial charge in [-0.15, -0.1) is 0 Å². The van der Waals surface area contributed by atoms with Gasteiger partial charge in [-0.3, -0.25) is 0 Å². The lowest BCUT2D eigenvalue weighted by molar-refractivity contribution is 0.312. The number of hydrogen-bond acceptors (Lipinski definition) is 4. The molecule has 2 rings (SSSR count). The molecule has 1 aliphatic rings. The highest BCUT2D eigenvalue weighted by Crippen LogP contribution is 2.12. The molecule has 2 heterocycles. The van der Waals surface area contributed by atoms with Crippen LogP contribution >= 0.6 is 11.6 Å². The summed E-state index contributed by atoms with van der Waals surface area (Å²) >= 11 is 5.67. The van der Waals surface area contributed by atoms with Crippen molar-refractivity contribution in [3.63, 3.8) is 0 Å². The SMILES string of the molecule is CN1CCN(c2cnc(Cl)cn2)CC1. The van der Waals surface area contributed by atoms with E-state index in [4.69, 9.17) is 11.6 Å². The number of rotatable bonds is 1. The predicted octanol–water partition coefficient (Wildman–Crippen LogP) is 0.882. The Balaban J connectivity index is 2.05. The van der Waals surface area contributed by atoms with Gasteiger partial charge in [-0.05, 0) is 7.05 Å². The topological polar surface area (TPSA) is 32.3 Å². The van der Waals surface area contributed by atoms with E-state index >= 15 is 0 Å². The van der Waals surface area contributed by atoms with Crippen molar-refractivity contribution in [3.8, 4) is 0 Å². The summed E-state index contributed by atoms with van der Waals surface area (Å²) in [5, 5.41) is 0.447. The molecule has 4 nitrogen and oxygen atoms in total. The fourth-order valence-corrected chi connectivity index (χ4v) is 1.60. The minimum absolute atomic E-state index is 0.447. The Labute approximate surface area is 88.5 Å². The van der Waals surface area contributed by atoms with E-state index in [1.807, 2.05) is 0 Å². The summed E-state index contributed by atoms with van der Waals surface area (Å²) in [6.07, 6.45) is 3.32. The first-order valence-electron chi connectivity index (χ1n) is 4.67. The van der Waals surface area contributed by atoms with E-state index in [1.54, 1.807) is 12.4 Å². The Morgan fingerprint density at radius 1 is 1.14 bits per heavy atom. The van der Waals surface area contributed by atoms with Crippen molar-refractivity contribution in [2.24, 2.45) is 0 Å². The maximum atomic E-state index is 5.67. The fraction of sp³-hybridized carbons (Fsp3) is 0.556. The summed E-state index contributed by atoms with van der Waals surface area (Å²) in [6, 6.07) is 0. The highest BCUT2D eigenvalue weighted by molar-refractivity contribution is 6.29. The molecule has 5 heteroatoms. The number of likely N-dealkylation sites (N-methyl/N-ethyl adjacent to an activating group) is 1. The van der Waals surface area contributed by atoms with E-state index in [-0.39, 0.29) is 0 Å². The van der Waals surface area contributed by atoms with Crippen molar-refractivity contribution in [1.82, 2.24) is 14.9 Å². The molecule has 0 amide bonds. The molecule has 1 aliphatic heterocycles. The lowest BCUT2D eigenvalue weighted by Crippen LogP contribution is -2.44. The smallest absolute Gasteiger partial charge is 0.147 e. The third-order valence-electron chi connectivity index (χ3n) is 2.43. The Hall–Kier alpha value is -0.870. The second-order valence-corrected chi connectivity index (χ2v) is 3.87. The first-order valence-corrected chi connectivity index (χ1v) is 5.04. The van der Waals surface area contributed by atoms with Gasteiger partial charge < -0.3 is 9.80 Å². The van der Waals surface area contributed by atoms with Crippen LogP contribution in [0.25, 0.3) is 0 Å². The monoisotopic (exact) mass is 212 g/mol. The number of hydrogen-bond donors (Lipinski definition) is 0. The molecule has 14 heavy (non-hydrogen) atoms. The van der Waals surface area contributed by atoms with Crippen LogP contribution in [0, 0.1) is 0 Å². The zero-order chi connectivity index (χ0) is 9.97. The standard InChI is InChI=1S/C9H13ClN4/c1-13-2-4-14(5-3-13)9-7-11-8(10)6-12-9/h6-7H,2-5H2,1H3. The molecule has 0 bridgehead atoms. The van der Waals surface area contributed by atoms with Crippen LogP contribution in [-0.2, 0) is 0 Å². The van der Waals surface area contributed by atoms with Crippen LogP contribution < -0.4 is 4.90 Å². The summed E-state index contributed by atoms with van der Waals surface area (Å²) in [5.41, 5.74) is 0. The summed E-state index contributed by atoms with van der Waals surface area (Å²) in [4.78, 5) is 12.8. The van der Waals surface area contributed by atoms with E-state index < -0.39 is 0 Å². The minimum Gasteiger partial charge on any atom is -0.353 e. The van der Waals surface area contributed by atoms with Crippen LogP contribution in [0.1, 0.15) is 0 Å². The molecule has 0 atom stereocenters. The number of nitrogens with zero attached hydrogens (tertiary/aromatic N) is 4. The molecule has 1 fully saturated rings. The Morgan fingerprint density at radius 2 is 1.86 bits per heavy atom. The van der Waals surface area contributed by atoms with E-state index in [9.17, 15) is 0 Å². The van der Waals surface area contributed by atoms with E-state index in [2.05, 4.69) is 26.8 Å². The first kappa shape index (κ1) is 9.68. The van der Waals surface area contributed by atoms with Gasteiger partial charge in [0.1, 0.15) is 11.0 Å². The zero-order valence-electron chi connectivity index (χ0n) is 8.15. The lowest BCUT2D eigenvalue weighted by atomic mass is 10.3. The highest BCUT2D eigenvalue weighted by Gasteiger charge is 2.14. The average Bonchev–Trinajstić information content (AvgIpc) is 2.21. The van der Waals surface area contributed by atoms with Crippen LogP contribution in [0.3, 0.4) is 0 Å². The van der Waals surface area contributed by atoms with Crippen molar-refractivity contribution in [3.05, 3.63) is 17.5 Å². The molecular formula is C9H13ClN4. The molecule has 0 spiro atoms. The van der Waals surface area contributed by atoms with Gasteiger partial charge in [0.05, 0.1) is 12.4 Å². The maximum Gasteiger partial charge on any atom is 0.147 e. The van der Waals surface area contributed by atoms with Gasteiger partial charge in [0.25, 0.3) is 0 Å². The number of halogens is 1. The molecule has 76 valence electrons. The second kappa shape index (κ2) is 4.11. The molecule has 0 aliphatic carbocycles. The molecular weight excluding hydrogens is 200 g/mol. The first-order chi connectivity index (χ1) is 6.75. The summed E-state index contributed by atoms with van der Waals surface area (Å²) in [6.45, 7) is 4.16. The van der Waals surface area contributed by atoms with E-state index in [1.165, 1.54) is 0 Å². The van der Waals surface area contributed by atoms with Crippen molar-refractivity contribution < 1.29 is 0 Å². The van der Waals surface area contributed by atoms with Gasteiger partial charge in [0.2, 0.25) is 0 Å². The largest absolute Gasteiger partial charge is 0.353 e. The van der Waals surface area contributed by atoms with Crippen molar-refractivity contribution >= 4 is 17.4 Å². The predicted molar refractivity (Wildman–Crippen MR) is 56.8 cm³/mol. The third kappa shape index (κ3) is 2.13. The zero-order valence-corrected chi connectivity index (χ0v) is 8.91. The summed E-state index contributed by atoms with van der Waals surface area (Å²) in [5.74, 6) is 0.919. The Bertz CT molecular complexity index is 292. The molecule has 0 N–H and O–H groups in total. The van der Waals surface area contributed by atoms with Crippen molar-refractivity contribution in [1.29, 1.82) is 0 Å². The van der Waals surface area contributed by atoms with Gasteiger partial charge in [0, 0.05) is 26.2 Å². The maximum absolute atomic E-state index is 5.67. The molecule has 0 aromatic carbocycles. The van der Waals surface area contributed by atoms with E-state index in [0.29, 0.717) is 5.15 Å². The summed E-state index contributed by atoms with van der Waals surface area (Å²) < 4.78 is 0. The molecule has 1 saturated heterocycles. The normalized spacial score (nSPS) is 18.6. The quantitative estimate of drug-likeness (QED) is 0.692. The molecule has 0 unspecified atom stereocenters.